The Morgan fingerprint density at radius 2 is 1.88 bits per heavy atom. The monoisotopic (exact) mass is 369 g/mol. The van der Waals surface area contributed by atoms with E-state index in [0.29, 0.717) is 11.1 Å². The first-order valence-corrected chi connectivity index (χ1v) is 7.40. The lowest BCUT2D eigenvalue weighted by molar-refractivity contribution is -0.283. The summed E-state index contributed by atoms with van der Waals surface area (Å²) in [5, 5.41) is 10.6. The minimum atomic E-state index is -5.13. The van der Waals surface area contributed by atoms with Crippen molar-refractivity contribution < 1.29 is 23.1 Å². The fraction of sp³-hybridized carbons (Fsp3) is 0.125. The zero-order valence-corrected chi connectivity index (χ0v) is 13.2. The van der Waals surface area contributed by atoms with Crippen LogP contribution in [0.1, 0.15) is 16.1 Å². The van der Waals surface area contributed by atoms with Crippen molar-refractivity contribution in [2.75, 3.05) is 0 Å². The summed E-state index contributed by atoms with van der Waals surface area (Å²) in [5.74, 6) is -1.07. The van der Waals surface area contributed by atoms with Crippen LogP contribution in [-0.4, -0.2) is 32.9 Å². The van der Waals surface area contributed by atoms with Crippen molar-refractivity contribution >= 4 is 23.2 Å². The number of amides is 1. The van der Waals surface area contributed by atoms with E-state index in [-0.39, 0.29) is 22.0 Å². The molecule has 0 fully saturated rings. The van der Waals surface area contributed by atoms with Crippen LogP contribution in [0.25, 0.3) is 5.70 Å². The maximum absolute atomic E-state index is 13.5. The Labute approximate surface area is 145 Å². The maximum atomic E-state index is 13.5. The van der Waals surface area contributed by atoms with Gasteiger partial charge in [0.15, 0.2) is 0 Å². The van der Waals surface area contributed by atoms with Crippen molar-refractivity contribution in [1.29, 1.82) is 0 Å². The molecule has 1 aromatic heterocycles. The Bertz CT molecular complexity index is 825. The Morgan fingerprint density at radius 3 is 2.44 bits per heavy atom. The third-order valence-corrected chi connectivity index (χ3v) is 3.82. The number of aliphatic hydroxyl groups is 1. The second kappa shape index (κ2) is 6.05. The highest BCUT2D eigenvalue weighted by Gasteiger charge is 2.62. The van der Waals surface area contributed by atoms with Crippen LogP contribution in [-0.2, 0) is 0 Å². The summed E-state index contributed by atoms with van der Waals surface area (Å²) in [6.45, 7) is 0. The number of pyridine rings is 1. The summed E-state index contributed by atoms with van der Waals surface area (Å²) in [6.07, 6.45) is -3.23. The van der Waals surface area contributed by atoms with Gasteiger partial charge < -0.3 is 5.11 Å². The number of carbonyl (C=O) groups is 1. The van der Waals surface area contributed by atoms with Gasteiger partial charge in [-0.05, 0) is 36.4 Å². The molecule has 0 unspecified atom stereocenters. The number of rotatable bonds is 2. The van der Waals surface area contributed by atoms with Crippen molar-refractivity contribution in [3.05, 3.63) is 71.0 Å². The molecule has 0 radical (unpaired) electrons. The number of nitrogens with one attached hydrogen (secondary N) is 1. The number of alkyl halides is 3. The van der Waals surface area contributed by atoms with Crippen LogP contribution >= 0.6 is 11.6 Å². The maximum Gasteiger partial charge on any atom is 0.442 e. The van der Waals surface area contributed by atoms with Crippen molar-refractivity contribution in [1.82, 2.24) is 15.4 Å². The molecular weight excluding hydrogens is 359 g/mol. The second-order valence-corrected chi connectivity index (χ2v) is 5.69. The molecule has 0 spiro atoms. The molecule has 5 nitrogen and oxygen atoms in total. The molecule has 0 saturated heterocycles. The van der Waals surface area contributed by atoms with Crippen LogP contribution in [0.4, 0.5) is 13.2 Å². The number of carbonyl (C=O) groups excluding carboxylic acids is 1. The SMILES string of the molecule is O=C(c1ccc(Cl)cc1)N1NC(c2ccccn2)=C[C@]1(O)C(F)(F)F. The average Bonchev–Trinajstić information content (AvgIpc) is 2.95. The minimum Gasteiger partial charge on any atom is -0.359 e. The summed E-state index contributed by atoms with van der Waals surface area (Å²) in [6, 6.07) is 9.87. The van der Waals surface area contributed by atoms with Crippen LogP contribution in [0.15, 0.2) is 54.7 Å². The van der Waals surface area contributed by atoms with Crippen molar-refractivity contribution in [2.45, 2.75) is 11.9 Å². The summed E-state index contributed by atoms with van der Waals surface area (Å²) in [5.41, 5.74) is -1.28. The van der Waals surface area contributed by atoms with Gasteiger partial charge in [-0.2, -0.15) is 13.2 Å². The van der Waals surface area contributed by atoms with Gasteiger partial charge in [-0.3, -0.25) is 15.2 Å². The number of halogens is 4. The molecule has 3 rings (SSSR count). The minimum absolute atomic E-state index is 0.0738. The van der Waals surface area contributed by atoms with E-state index >= 15 is 0 Å². The van der Waals surface area contributed by atoms with Gasteiger partial charge in [-0.25, -0.2) is 5.01 Å². The van der Waals surface area contributed by atoms with Gasteiger partial charge in [0.05, 0.1) is 11.4 Å². The quantitative estimate of drug-likeness (QED) is 0.854. The third-order valence-electron chi connectivity index (χ3n) is 3.57. The normalized spacial score (nSPS) is 20.2. The zero-order valence-electron chi connectivity index (χ0n) is 12.5. The molecular formula is C16H11ClF3N3O2. The Morgan fingerprint density at radius 1 is 1.20 bits per heavy atom. The van der Waals surface area contributed by atoms with Gasteiger partial charge in [0.25, 0.3) is 11.6 Å². The number of hydrogen-bond acceptors (Lipinski definition) is 4. The summed E-state index contributed by atoms with van der Waals surface area (Å²) in [7, 11) is 0. The lowest BCUT2D eigenvalue weighted by atomic mass is 10.1. The summed E-state index contributed by atoms with van der Waals surface area (Å²) < 4.78 is 40.4. The van der Waals surface area contributed by atoms with Gasteiger partial charge >= 0.3 is 6.18 Å². The fourth-order valence-corrected chi connectivity index (χ4v) is 2.42. The van der Waals surface area contributed by atoms with E-state index in [2.05, 4.69) is 10.4 Å². The average molecular weight is 370 g/mol. The molecule has 1 aromatic carbocycles. The standard InChI is InChI=1S/C16H11ClF3N3O2/c17-11-6-4-10(5-7-11)14(24)23-15(25,16(18,19)20)9-13(22-23)12-3-1-2-8-21-12/h1-9,22,25H/t15-/m0/s1. The third kappa shape index (κ3) is 3.06. The first-order chi connectivity index (χ1) is 11.7. The molecule has 2 heterocycles. The van der Waals surface area contributed by atoms with E-state index < -0.39 is 17.8 Å². The predicted molar refractivity (Wildman–Crippen MR) is 84.0 cm³/mol. The molecule has 1 amide bonds. The molecule has 2 aromatic rings. The first-order valence-electron chi connectivity index (χ1n) is 7.02. The van der Waals surface area contributed by atoms with Crippen LogP contribution in [0.5, 0.6) is 0 Å². The number of aromatic nitrogens is 1. The zero-order chi connectivity index (χ0) is 18.2. The topological polar surface area (TPSA) is 65.5 Å². The van der Waals surface area contributed by atoms with E-state index in [1.807, 2.05) is 0 Å². The number of nitrogens with zero attached hydrogens (tertiary/aromatic N) is 2. The predicted octanol–water partition coefficient (Wildman–Crippen LogP) is 2.99. The summed E-state index contributed by atoms with van der Waals surface area (Å²) in [4.78, 5) is 16.4. The van der Waals surface area contributed by atoms with Crippen LogP contribution in [0, 0.1) is 0 Å². The molecule has 25 heavy (non-hydrogen) atoms. The van der Waals surface area contributed by atoms with Crippen LogP contribution < -0.4 is 5.43 Å². The van der Waals surface area contributed by atoms with Gasteiger partial charge in [0.2, 0.25) is 0 Å². The van der Waals surface area contributed by atoms with E-state index in [1.165, 1.54) is 36.5 Å². The smallest absolute Gasteiger partial charge is 0.359 e. The van der Waals surface area contributed by atoms with Gasteiger partial charge in [0, 0.05) is 22.9 Å². The second-order valence-electron chi connectivity index (χ2n) is 5.26. The largest absolute Gasteiger partial charge is 0.442 e. The molecule has 0 aliphatic carbocycles. The van der Waals surface area contributed by atoms with E-state index in [9.17, 15) is 23.1 Å². The molecule has 1 aliphatic rings. The van der Waals surface area contributed by atoms with Crippen molar-refractivity contribution in [3.63, 3.8) is 0 Å². The first kappa shape index (κ1) is 17.2. The molecule has 1 atom stereocenters. The highest BCUT2D eigenvalue weighted by Crippen LogP contribution is 2.40. The Hall–Kier alpha value is -2.58. The highest BCUT2D eigenvalue weighted by atomic mass is 35.5. The molecule has 130 valence electrons. The molecule has 2 N–H and O–H groups in total. The molecule has 0 bridgehead atoms. The molecule has 0 saturated carbocycles. The van der Waals surface area contributed by atoms with Gasteiger partial charge in [0.1, 0.15) is 0 Å². The van der Waals surface area contributed by atoms with Crippen LogP contribution in [0.3, 0.4) is 0 Å². The van der Waals surface area contributed by atoms with Crippen molar-refractivity contribution in [2.24, 2.45) is 0 Å². The number of hydrazine groups is 1. The summed E-state index contributed by atoms with van der Waals surface area (Å²) >= 11 is 5.72. The fourth-order valence-electron chi connectivity index (χ4n) is 2.29. The highest BCUT2D eigenvalue weighted by molar-refractivity contribution is 6.30. The lowest BCUT2D eigenvalue weighted by Crippen LogP contribution is -2.60. The van der Waals surface area contributed by atoms with E-state index in [4.69, 9.17) is 11.6 Å². The number of benzene rings is 1. The Balaban J connectivity index is 2.01. The van der Waals surface area contributed by atoms with Crippen molar-refractivity contribution in [3.8, 4) is 0 Å². The van der Waals surface area contributed by atoms with Gasteiger partial charge in [-0.1, -0.05) is 17.7 Å². The number of hydrogen-bond donors (Lipinski definition) is 2. The lowest BCUT2D eigenvalue weighted by Gasteiger charge is -2.33. The van der Waals surface area contributed by atoms with E-state index in [0.717, 1.165) is 0 Å². The van der Waals surface area contributed by atoms with Crippen LogP contribution in [0.2, 0.25) is 5.02 Å². The molecule has 1 aliphatic heterocycles. The molecule has 9 heteroatoms. The Kier molecular flexibility index (Phi) is 4.18. The van der Waals surface area contributed by atoms with Gasteiger partial charge in [-0.15, -0.1) is 0 Å². The van der Waals surface area contributed by atoms with E-state index in [1.54, 1.807) is 12.1 Å².